The zero-order chi connectivity index (χ0) is 25.1. The van der Waals surface area contributed by atoms with Crippen LogP contribution in [0.3, 0.4) is 0 Å². The molecule has 14 heteroatoms. The topological polar surface area (TPSA) is 163 Å². The van der Waals surface area contributed by atoms with Crippen LogP contribution in [-0.2, 0) is 24.8 Å². The second-order valence-corrected chi connectivity index (χ2v) is 12.6. The van der Waals surface area contributed by atoms with E-state index < -0.39 is 26.2 Å². The molecule has 0 saturated carbocycles. The zero-order valence-electron chi connectivity index (χ0n) is 19.4. The van der Waals surface area contributed by atoms with Crippen molar-refractivity contribution >= 4 is 20.0 Å². The van der Waals surface area contributed by atoms with Crippen molar-refractivity contribution in [3.05, 3.63) is 36.7 Å². The van der Waals surface area contributed by atoms with Crippen LogP contribution in [-0.4, -0.2) is 94.1 Å². The van der Waals surface area contributed by atoms with Gasteiger partial charge in [-0.25, -0.2) is 21.6 Å². The number of sulfonamides is 2. The van der Waals surface area contributed by atoms with Crippen molar-refractivity contribution in [2.45, 2.75) is 46.8 Å². The molecule has 2 fully saturated rings. The van der Waals surface area contributed by atoms with Crippen molar-refractivity contribution in [1.82, 2.24) is 24.5 Å². The Hall–Kier alpha value is -2.07. The van der Waals surface area contributed by atoms with Crippen LogP contribution in [0.1, 0.15) is 19.3 Å². The summed E-state index contributed by atoms with van der Waals surface area (Å²) in [6.45, 7) is 1.50. The molecule has 2 aliphatic rings. The fourth-order valence-corrected chi connectivity index (χ4v) is 6.50. The van der Waals surface area contributed by atoms with Gasteiger partial charge in [-0.1, -0.05) is 6.07 Å². The number of nitrogens with one attached hydrogen (secondary N) is 3. The Labute approximate surface area is 205 Å². The largest absolute Gasteiger partial charge is 0.491 e. The number of aromatic amines is 1. The summed E-state index contributed by atoms with van der Waals surface area (Å²) >= 11 is 0. The number of rotatable bonds is 10. The normalized spacial score (nSPS) is 21.8. The minimum atomic E-state index is -3.58. The first kappa shape index (κ1) is 26.0. The van der Waals surface area contributed by atoms with Gasteiger partial charge in [-0.05, 0) is 38.4 Å². The summed E-state index contributed by atoms with van der Waals surface area (Å²) in [6.07, 6.45) is 3.80. The van der Waals surface area contributed by atoms with Crippen LogP contribution in [0.25, 0.3) is 0 Å². The number of piperidine rings is 1. The highest BCUT2D eigenvalue weighted by Crippen LogP contribution is 2.37. The molecule has 4 N–H and O–H groups in total. The molecule has 0 radical (unpaired) electrons. The first-order chi connectivity index (χ1) is 16.6. The van der Waals surface area contributed by atoms with Crippen LogP contribution < -0.4 is 14.8 Å². The number of H-pyrrole nitrogens is 1. The molecule has 4 rings (SSSR count). The average Bonchev–Trinajstić information content (AvgIpc) is 3.53. The summed E-state index contributed by atoms with van der Waals surface area (Å²) in [5.74, 6) is 0.348. The fraction of sp³-hybridized carbons (Fsp3) is 0.571. The Morgan fingerprint density at radius 1 is 1.29 bits per heavy atom. The van der Waals surface area contributed by atoms with Crippen molar-refractivity contribution in [2.24, 2.45) is 0 Å². The molecule has 2 aromatic rings. The van der Waals surface area contributed by atoms with Gasteiger partial charge in [0.15, 0.2) is 0 Å². The molecule has 2 saturated heterocycles. The third-order valence-corrected chi connectivity index (χ3v) is 9.70. The highest BCUT2D eigenvalue weighted by molar-refractivity contribution is 7.89. The SMILES string of the molecule is CNS(=O)(=O)c1cccc(OC[C@@H](O)CNC2COC3(CCN(S(=O)(=O)c4cn[nH]c4)CC3)C2)c1. The van der Waals surface area contributed by atoms with Crippen molar-refractivity contribution < 1.29 is 31.4 Å². The molecule has 1 unspecified atom stereocenters. The lowest BCUT2D eigenvalue weighted by Gasteiger charge is -2.37. The number of ether oxygens (including phenoxy) is 2. The molecule has 12 nitrogen and oxygen atoms in total. The second kappa shape index (κ2) is 10.5. The number of aliphatic hydroxyl groups excluding tert-OH is 1. The maximum atomic E-state index is 12.7. The summed E-state index contributed by atoms with van der Waals surface area (Å²) in [4.78, 5) is 0.244. The molecular formula is C21H31N5O7S2. The molecule has 2 aliphatic heterocycles. The van der Waals surface area contributed by atoms with Gasteiger partial charge in [0.25, 0.3) is 0 Å². The smallest absolute Gasteiger partial charge is 0.246 e. The van der Waals surface area contributed by atoms with Crippen molar-refractivity contribution in [2.75, 3.05) is 39.9 Å². The van der Waals surface area contributed by atoms with E-state index in [1.54, 1.807) is 12.1 Å². The van der Waals surface area contributed by atoms with Crippen molar-refractivity contribution in [3.8, 4) is 5.75 Å². The van der Waals surface area contributed by atoms with E-state index in [2.05, 4.69) is 20.2 Å². The van der Waals surface area contributed by atoms with Crippen LogP contribution >= 0.6 is 0 Å². The molecule has 3 heterocycles. The van der Waals surface area contributed by atoms with E-state index in [4.69, 9.17) is 9.47 Å². The van der Waals surface area contributed by atoms with Crippen LogP contribution in [0.15, 0.2) is 46.5 Å². The van der Waals surface area contributed by atoms with Gasteiger partial charge in [-0.15, -0.1) is 0 Å². The minimum Gasteiger partial charge on any atom is -0.491 e. The molecule has 1 aromatic carbocycles. The van der Waals surface area contributed by atoms with E-state index in [0.717, 1.165) is 6.42 Å². The van der Waals surface area contributed by atoms with E-state index in [9.17, 15) is 21.9 Å². The predicted molar refractivity (Wildman–Crippen MR) is 126 cm³/mol. The molecule has 2 atom stereocenters. The number of hydrogen-bond acceptors (Lipinski definition) is 9. The van der Waals surface area contributed by atoms with Gasteiger partial charge in [0, 0.05) is 37.9 Å². The van der Waals surface area contributed by atoms with Gasteiger partial charge in [0.2, 0.25) is 20.0 Å². The molecule has 35 heavy (non-hydrogen) atoms. The minimum absolute atomic E-state index is 0.00436. The molecule has 0 aliphatic carbocycles. The Morgan fingerprint density at radius 2 is 2.06 bits per heavy atom. The van der Waals surface area contributed by atoms with Crippen LogP contribution in [0.4, 0.5) is 0 Å². The molecule has 0 amide bonds. The lowest BCUT2D eigenvalue weighted by molar-refractivity contribution is -0.0312. The lowest BCUT2D eigenvalue weighted by atomic mass is 9.88. The van der Waals surface area contributed by atoms with Gasteiger partial charge in [0.05, 0.1) is 23.3 Å². The highest BCUT2D eigenvalue weighted by Gasteiger charge is 2.44. The van der Waals surface area contributed by atoms with Gasteiger partial charge < -0.3 is 19.9 Å². The van der Waals surface area contributed by atoms with Crippen molar-refractivity contribution in [1.29, 1.82) is 0 Å². The molecular weight excluding hydrogens is 498 g/mol. The monoisotopic (exact) mass is 529 g/mol. The third kappa shape index (κ3) is 6.02. The lowest BCUT2D eigenvalue weighted by Crippen LogP contribution is -2.47. The number of aromatic nitrogens is 2. The number of benzene rings is 1. The third-order valence-electron chi connectivity index (χ3n) is 6.42. The molecule has 0 bridgehead atoms. The van der Waals surface area contributed by atoms with Gasteiger partial charge >= 0.3 is 0 Å². The van der Waals surface area contributed by atoms with E-state index in [1.165, 1.54) is 35.9 Å². The average molecular weight is 530 g/mol. The van der Waals surface area contributed by atoms with Crippen LogP contribution in [0.2, 0.25) is 0 Å². The number of aliphatic hydroxyl groups is 1. The highest BCUT2D eigenvalue weighted by atomic mass is 32.2. The summed E-state index contributed by atoms with van der Waals surface area (Å²) in [7, 11) is -5.80. The van der Waals surface area contributed by atoms with Crippen molar-refractivity contribution in [3.63, 3.8) is 0 Å². The van der Waals surface area contributed by atoms with Gasteiger partial charge in [-0.2, -0.15) is 9.40 Å². The Kier molecular flexibility index (Phi) is 7.80. The van der Waals surface area contributed by atoms with Gasteiger partial charge in [0.1, 0.15) is 23.4 Å². The summed E-state index contributed by atoms with van der Waals surface area (Å²) in [5, 5.41) is 19.9. The summed E-state index contributed by atoms with van der Waals surface area (Å²) in [5.41, 5.74) is -0.374. The zero-order valence-corrected chi connectivity index (χ0v) is 21.0. The standard InChI is InChI=1S/C21H31N5O7S2/c1-22-34(28,29)19-4-2-3-18(9-19)32-15-17(27)11-23-16-10-21(33-14-16)5-7-26(8-6-21)35(30,31)20-12-24-25-13-20/h2-4,9,12-13,16-17,22-23,27H,5-8,10-11,14-15H2,1H3,(H,24,25)/t16?,17-/m0/s1. The number of nitrogens with zero attached hydrogens (tertiary/aromatic N) is 2. The first-order valence-electron chi connectivity index (χ1n) is 11.3. The molecule has 194 valence electrons. The number of hydrogen-bond donors (Lipinski definition) is 4. The van der Waals surface area contributed by atoms with Crippen LogP contribution in [0.5, 0.6) is 5.75 Å². The predicted octanol–water partition coefficient (Wildman–Crippen LogP) is -0.340. The van der Waals surface area contributed by atoms with E-state index >= 15 is 0 Å². The summed E-state index contributed by atoms with van der Waals surface area (Å²) in [6, 6.07) is 6.10. The van der Waals surface area contributed by atoms with E-state index in [-0.39, 0.29) is 34.6 Å². The molecule has 1 aromatic heterocycles. The Morgan fingerprint density at radius 3 is 2.74 bits per heavy atom. The Balaban J connectivity index is 1.21. The van der Waals surface area contributed by atoms with E-state index in [1.807, 2.05) is 0 Å². The molecule has 1 spiro atoms. The maximum Gasteiger partial charge on any atom is 0.246 e. The maximum absolute atomic E-state index is 12.7. The van der Waals surface area contributed by atoms with Crippen LogP contribution in [0, 0.1) is 0 Å². The first-order valence-corrected chi connectivity index (χ1v) is 14.3. The fourth-order valence-electron chi connectivity index (χ4n) is 4.39. The quantitative estimate of drug-likeness (QED) is 0.322. The van der Waals surface area contributed by atoms with Gasteiger partial charge in [-0.3, -0.25) is 5.10 Å². The summed E-state index contributed by atoms with van der Waals surface area (Å²) < 4.78 is 64.6. The Bertz CT molecular complexity index is 1200. The second-order valence-electron chi connectivity index (χ2n) is 8.79. The van der Waals surface area contributed by atoms with E-state index in [0.29, 0.717) is 38.3 Å².